The van der Waals surface area contributed by atoms with E-state index in [1.165, 1.54) is 17.4 Å². The van der Waals surface area contributed by atoms with Gasteiger partial charge in [-0.1, -0.05) is 0 Å². The lowest BCUT2D eigenvalue weighted by atomic mass is 9.97. The Hall–Kier alpha value is -0.430. The molecule has 1 aromatic rings. The Kier molecular flexibility index (Phi) is 3.11. The Morgan fingerprint density at radius 2 is 2.00 bits per heavy atom. The van der Waals surface area contributed by atoms with Crippen LogP contribution < -0.4 is 5.32 Å². The van der Waals surface area contributed by atoms with E-state index in [9.17, 15) is 8.42 Å². The zero-order chi connectivity index (χ0) is 10.9. The molecule has 1 saturated heterocycles. The first kappa shape index (κ1) is 11.1. The van der Waals surface area contributed by atoms with E-state index >= 15 is 0 Å². The molecule has 1 aliphatic heterocycles. The second-order valence-corrected chi connectivity index (χ2v) is 6.42. The SMILES string of the molecule is O=S(=O)(O)c1ccc(C2CCNCC2)s1. The van der Waals surface area contributed by atoms with Gasteiger partial charge in [-0.05, 0) is 44.0 Å². The molecule has 0 aliphatic carbocycles. The molecule has 4 nitrogen and oxygen atoms in total. The Morgan fingerprint density at radius 1 is 1.33 bits per heavy atom. The fourth-order valence-electron chi connectivity index (χ4n) is 1.80. The van der Waals surface area contributed by atoms with Crippen LogP contribution in [-0.2, 0) is 10.1 Å². The van der Waals surface area contributed by atoms with Crippen molar-refractivity contribution >= 4 is 21.5 Å². The molecule has 0 atom stereocenters. The van der Waals surface area contributed by atoms with Crippen molar-refractivity contribution in [3.63, 3.8) is 0 Å². The van der Waals surface area contributed by atoms with E-state index in [0.717, 1.165) is 30.8 Å². The van der Waals surface area contributed by atoms with Crippen molar-refractivity contribution in [3.8, 4) is 0 Å². The largest absolute Gasteiger partial charge is 0.317 e. The summed E-state index contributed by atoms with van der Waals surface area (Å²) >= 11 is 1.18. The smallest absolute Gasteiger partial charge is 0.304 e. The monoisotopic (exact) mass is 247 g/mol. The van der Waals surface area contributed by atoms with E-state index in [2.05, 4.69) is 5.32 Å². The predicted octanol–water partition coefficient (Wildman–Crippen LogP) is 1.46. The van der Waals surface area contributed by atoms with Gasteiger partial charge in [-0.25, -0.2) is 0 Å². The number of hydrogen-bond acceptors (Lipinski definition) is 4. The van der Waals surface area contributed by atoms with Crippen molar-refractivity contribution in [1.82, 2.24) is 5.32 Å². The highest BCUT2D eigenvalue weighted by molar-refractivity contribution is 7.88. The van der Waals surface area contributed by atoms with Gasteiger partial charge in [0.25, 0.3) is 0 Å². The van der Waals surface area contributed by atoms with Crippen LogP contribution in [0.1, 0.15) is 23.6 Å². The van der Waals surface area contributed by atoms with Crippen LogP contribution in [0.15, 0.2) is 16.3 Å². The minimum Gasteiger partial charge on any atom is -0.317 e. The first-order chi connectivity index (χ1) is 7.07. The zero-order valence-electron chi connectivity index (χ0n) is 8.14. The highest BCUT2D eigenvalue weighted by Crippen LogP contribution is 2.32. The highest BCUT2D eigenvalue weighted by atomic mass is 32.3. The summed E-state index contributed by atoms with van der Waals surface area (Å²) in [6, 6.07) is 3.29. The van der Waals surface area contributed by atoms with E-state index in [-0.39, 0.29) is 4.21 Å². The molecule has 15 heavy (non-hydrogen) atoms. The second kappa shape index (κ2) is 4.21. The summed E-state index contributed by atoms with van der Waals surface area (Å²) in [5, 5.41) is 3.26. The van der Waals surface area contributed by atoms with Gasteiger partial charge in [0, 0.05) is 4.88 Å². The maximum absolute atomic E-state index is 10.9. The summed E-state index contributed by atoms with van der Waals surface area (Å²) in [4.78, 5) is 1.06. The molecule has 0 bridgehead atoms. The molecule has 1 aliphatic rings. The average Bonchev–Trinajstić information content (AvgIpc) is 2.67. The third kappa shape index (κ3) is 2.57. The molecule has 0 spiro atoms. The van der Waals surface area contributed by atoms with E-state index in [4.69, 9.17) is 4.55 Å². The van der Waals surface area contributed by atoms with Crippen molar-refractivity contribution < 1.29 is 13.0 Å². The Labute approximate surface area is 93.1 Å². The predicted molar refractivity (Wildman–Crippen MR) is 59.0 cm³/mol. The van der Waals surface area contributed by atoms with Crippen LogP contribution in [0.4, 0.5) is 0 Å². The van der Waals surface area contributed by atoms with Crippen LogP contribution in [0, 0.1) is 0 Å². The molecule has 0 amide bonds. The van der Waals surface area contributed by atoms with Gasteiger partial charge in [-0.2, -0.15) is 8.42 Å². The summed E-state index contributed by atoms with van der Waals surface area (Å²) in [5.41, 5.74) is 0. The van der Waals surface area contributed by atoms with Gasteiger partial charge in [-0.3, -0.25) is 4.55 Å². The molecular weight excluding hydrogens is 234 g/mol. The molecule has 1 aromatic heterocycles. The van der Waals surface area contributed by atoms with E-state index in [1.54, 1.807) is 0 Å². The normalized spacial score (nSPS) is 19.3. The number of piperidine rings is 1. The first-order valence-corrected chi connectivity index (χ1v) is 7.11. The summed E-state index contributed by atoms with van der Waals surface area (Å²) in [5.74, 6) is 0.437. The molecule has 2 N–H and O–H groups in total. The Morgan fingerprint density at radius 3 is 2.53 bits per heavy atom. The number of rotatable bonds is 2. The van der Waals surface area contributed by atoms with Gasteiger partial charge in [0.05, 0.1) is 0 Å². The maximum Gasteiger partial charge on any atom is 0.304 e. The van der Waals surface area contributed by atoms with Crippen molar-refractivity contribution in [2.75, 3.05) is 13.1 Å². The van der Waals surface area contributed by atoms with Gasteiger partial charge in [-0.15, -0.1) is 11.3 Å². The van der Waals surface area contributed by atoms with E-state index in [1.807, 2.05) is 6.07 Å². The third-order valence-electron chi connectivity index (χ3n) is 2.60. The first-order valence-electron chi connectivity index (χ1n) is 4.85. The van der Waals surface area contributed by atoms with E-state index < -0.39 is 10.1 Å². The molecule has 0 aromatic carbocycles. The lowest BCUT2D eigenvalue weighted by Gasteiger charge is -2.21. The fourth-order valence-corrected chi connectivity index (χ4v) is 3.66. The van der Waals surface area contributed by atoms with Gasteiger partial charge in [0.2, 0.25) is 0 Å². The number of nitrogens with one attached hydrogen (secondary N) is 1. The quantitative estimate of drug-likeness (QED) is 0.777. The van der Waals surface area contributed by atoms with Crippen molar-refractivity contribution in [2.24, 2.45) is 0 Å². The van der Waals surface area contributed by atoms with Crippen LogP contribution in [0.2, 0.25) is 0 Å². The molecule has 0 saturated carbocycles. The van der Waals surface area contributed by atoms with Crippen molar-refractivity contribution in [1.29, 1.82) is 0 Å². The third-order valence-corrected chi connectivity index (χ3v) is 5.17. The maximum atomic E-state index is 10.9. The van der Waals surface area contributed by atoms with E-state index in [0.29, 0.717) is 5.92 Å². The minimum atomic E-state index is -4.02. The number of thiophene rings is 1. The zero-order valence-corrected chi connectivity index (χ0v) is 9.77. The van der Waals surface area contributed by atoms with Crippen LogP contribution in [-0.4, -0.2) is 26.1 Å². The van der Waals surface area contributed by atoms with Gasteiger partial charge >= 0.3 is 10.1 Å². The lowest BCUT2D eigenvalue weighted by molar-refractivity contribution is 0.465. The molecule has 2 rings (SSSR count). The molecule has 84 valence electrons. The second-order valence-electron chi connectivity index (χ2n) is 3.66. The minimum absolute atomic E-state index is 0.0519. The Balaban J connectivity index is 2.19. The molecule has 2 heterocycles. The van der Waals surface area contributed by atoms with Crippen LogP contribution in [0.25, 0.3) is 0 Å². The van der Waals surface area contributed by atoms with Gasteiger partial charge in [0.15, 0.2) is 0 Å². The molecule has 6 heteroatoms. The van der Waals surface area contributed by atoms with Crippen molar-refractivity contribution in [2.45, 2.75) is 23.0 Å². The molecule has 1 fully saturated rings. The summed E-state index contributed by atoms with van der Waals surface area (Å²) in [6.45, 7) is 1.95. The van der Waals surface area contributed by atoms with Gasteiger partial charge in [0.1, 0.15) is 4.21 Å². The number of hydrogen-bond donors (Lipinski definition) is 2. The summed E-state index contributed by atoms with van der Waals surface area (Å²) in [7, 11) is -4.02. The standard InChI is InChI=1S/C9H13NO3S2/c11-15(12,13)9-2-1-8(14-9)7-3-5-10-6-4-7/h1-2,7,10H,3-6H2,(H,11,12,13). The molecule has 0 radical (unpaired) electrons. The average molecular weight is 247 g/mol. The summed E-state index contributed by atoms with van der Waals surface area (Å²) in [6.07, 6.45) is 2.07. The topological polar surface area (TPSA) is 66.4 Å². The van der Waals surface area contributed by atoms with Crippen LogP contribution >= 0.6 is 11.3 Å². The Bertz CT molecular complexity index is 432. The summed E-state index contributed by atoms with van der Waals surface area (Å²) < 4.78 is 30.7. The fraction of sp³-hybridized carbons (Fsp3) is 0.556. The van der Waals surface area contributed by atoms with Crippen LogP contribution in [0.3, 0.4) is 0 Å². The molecular formula is C9H13NO3S2. The lowest BCUT2D eigenvalue weighted by Crippen LogP contribution is -2.26. The van der Waals surface area contributed by atoms with Crippen LogP contribution in [0.5, 0.6) is 0 Å². The highest BCUT2D eigenvalue weighted by Gasteiger charge is 2.20. The molecule has 0 unspecified atom stereocenters. The van der Waals surface area contributed by atoms with Crippen molar-refractivity contribution in [3.05, 3.63) is 17.0 Å². The van der Waals surface area contributed by atoms with Gasteiger partial charge < -0.3 is 5.32 Å².